The predicted molar refractivity (Wildman–Crippen MR) is 78.0 cm³/mol. The van der Waals surface area contributed by atoms with Crippen molar-refractivity contribution in [2.24, 2.45) is 7.05 Å². The molecule has 1 aromatic carbocycles. The van der Waals surface area contributed by atoms with Gasteiger partial charge in [-0.1, -0.05) is 18.5 Å². The van der Waals surface area contributed by atoms with E-state index in [1.807, 2.05) is 20.2 Å². The molecule has 1 heterocycles. The summed E-state index contributed by atoms with van der Waals surface area (Å²) < 4.78 is 1.74. The van der Waals surface area contributed by atoms with E-state index < -0.39 is 4.92 Å². The van der Waals surface area contributed by atoms with E-state index in [2.05, 4.69) is 10.4 Å². The molecule has 2 rings (SSSR count). The summed E-state index contributed by atoms with van der Waals surface area (Å²) >= 11 is 5.89. The molecule has 7 heteroatoms. The van der Waals surface area contributed by atoms with Gasteiger partial charge < -0.3 is 5.32 Å². The van der Waals surface area contributed by atoms with Crippen molar-refractivity contribution in [2.75, 3.05) is 5.32 Å². The molecular weight excluding hydrogens is 280 g/mol. The predicted octanol–water partition coefficient (Wildman–Crippen LogP) is 3.16. The number of nitro benzene ring substituents is 1. The third kappa shape index (κ3) is 3.08. The Morgan fingerprint density at radius 2 is 2.25 bits per heavy atom. The van der Waals surface area contributed by atoms with Gasteiger partial charge in [0.15, 0.2) is 0 Å². The lowest BCUT2D eigenvalue weighted by Crippen LogP contribution is -2.03. The molecule has 1 N–H and O–H groups in total. The molecule has 0 amide bonds. The first kappa shape index (κ1) is 14.3. The van der Waals surface area contributed by atoms with E-state index in [-0.39, 0.29) is 5.69 Å². The molecule has 0 unspecified atom stereocenters. The number of hydrogen-bond acceptors (Lipinski definition) is 4. The first-order valence-electron chi connectivity index (χ1n) is 6.20. The van der Waals surface area contributed by atoms with Gasteiger partial charge in [-0.15, -0.1) is 0 Å². The van der Waals surface area contributed by atoms with Crippen molar-refractivity contribution in [3.8, 4) is 0 Å². The van der Waals surface area contributed by atoms with Crippen LogP contribution in [0.3, 0.4) is 0 Å². The van der Waals surface area contributed by atoms with Crippen molar-refractivity contribution in [3.05, 3.63) is 50.8 Å². The van der Waals surface area contributed by atoms with Crippen LogP contribution in [0.15, 0.2) is 24.4 Å². The van der Waals surface area contributed by atoms with Crippen molar-refractivity contribution in [1.82, 2.24) is 9.78 Å². The second-order valence-corrected chi connectivity index (χ2v) is 4.84. The third-order valence-corrected chi connectivity index (χ3v) is 3.19. The zero-order chi connectivity index (χ0) is 14.7. The number of rotatable bonds is 5. The average molecular weight is 295 g/mol. The Kier molecular flexibility index (Phi) is 4.24. The van der Waals surface area contributed by atoms with E-state index in [0.29, 0.717) is 17.3 Å². The second-order valence-electron chi connectivity index (χ2n) is 4.40. The maximum Gasteiger partial charge on any atom is 0.292 e. The maximum absolute atomic E-state index is 11.0. The highest BCUT2D eigenvalue weighted by molar-refractivity contribution is 6.31. The van der Waals surface area contributed by atoms with Gasteiger partial charge in [-0.05, 0) is 18.6 Å². The van der Waals surface area contributed by atoms with Crippen LogP contribution in [-0.4, -0.2) is 14.7 Å². The van der Waals surface area contributed by atoms with Crippen LogP contribution in [0.2, 0.25) is 5.02 Å². The van der Waals surface area contributed by atoms with Crippen LogP contribution < -0.4 is 5.32 Å². The molecule has 1 aromatic heterocycles. The molecule has 2 aromatic rings. The zero-order valence-corrected chi connectivity index (χ0v) is 12.0. The number of aryl methyl sites for hydroxylation is 2. The number of halogens is 1. The molecular formula is C13H15ClN4O2. The minimum absolute atomic E-state index is 0.0105. The van der Waals surface area contributed by atoms with E-state index in [1.54, 1.807) is 10.7 Å². The summed E-state index contributed by atoms with van der Waals surface area (Å²) in [6.07, 6.45) is 2.72. The summed E-state index contributed by atoms with van der Waals surface area (Å²) in [5.74, 6) is 0. The molecule has 0 radical (unpaired) electrons. The van der Waals surface area contributed by atoms with Crippen LogP contribution >= 0.6 is 11.6 Å². The fourth-order valence-electron chi connectivity index (χ4n) is 2.03. The molecule has 6 nitrogen and oxygen atoms in total. The van der Waals surface area contributed by atoms with Crippen molar-refractivity contribution in [3.63, 3.8) is 0 Å². The topological polar surface area (TPSA) is 73.0 Å². The smallest absolute Gasteiger partial charge is 0.292 e. The Morgan fingerprint density at radius 1 is 1.50 bits per heavy atom. The molecule has 0 fully saturated rings. The van der Waals surface area contributed by atoms with Crippen molar-refractivity contribution in [2.45, 2.75) is 19.9 Å². The Balaban J connectivity index is 2.22. The number of hydrogen-bond donors (Lipinski definition) is 1. The summed E-state index contributed by atoms with van der Waals surface area (Å²) in [6, 6.07) is 4.46. The lowest BCUT2D eigenvalue weighted by molar-refractivity contribution is -0.384. The summed E-state index contributed by atoms with van der Waals surface area (Å²) in [4.78, 5) is 10.5. The summed E-state index contributed by atoms with van der Waals surface area (Å²) in [7, 11) is 1.85. The first-order valence-corrected chi connectivity index (χ1v) is 6.58. The lowest BCUT2D eigenvalue weighted by atomic mass is 10.2. The van der Waals surface area contributed by atoms with Gasteiger partial charge in [-0.25, -0.2) is 0 Å². The minimum Gasteiger partial charge on any atom is -0.375 e. The highest BCUT2D eigenvalue weighted by Crippen LogP contribution is 2.28. The van der Waals surface area contributed by atoms with Crippen molar-refractivity contribution in [1.29, 1.82) is 0 Å². The van der Waals surface area contributed by atoms with Crippen molar-refractivity contribution < 1.29 is 4.92 Å². The van der Waals surface area contributed by atoms with Crippen LogP contribution in [0.1, 0.15) is 18.2 Å². The highest BCUT2D eigenvalue weighted by Gasteiger charge is 2.14. The summed E-state index contributed by atoms with van der Waals surface area (Å²) in [6.45, 7) is 2.49. The number of nitro groups is 1. The number of nitrogens with zero attached hydrogens (tertiary/aromatic N) is 3. The third-order valence-electron chi connectivity index (χ3n) is 2.95. The molecule has 106 valence electrons. The lowest BCUT2D eigenvalue weighted by Gasteiger charge is -2.07. The Morgan fingerprint density at radius 3 is 2.90 bits per heavy atom. The number of anilines is 1. The molecule has 0 saturated carbocycles. The zero-order valence-electron chi connectivity index (χ0n) is 11.3. The van der Waals surface area contributed by atoms with Gasteiger partial charge in [0.25, 0.3) is 5.69 Å². The molecule has 0 spiro atoms. The summed E-state index contributed by atoms with van der Waals surface area (Å²) in [5, 5.41) is 18.8. The van der Waals surface area contributed by atoms with Gasteiger partial charge in [0, 0.05) is 36.4 Å². The normalized spacial score (nSPS) is 10.6. The van der Waals surface area contributed by atoms with Gasteiger partial charge in [0.05, 0.1) is 10.6 Å². The molecule has 0 aliphatic carbocycles. The van der Waals surface area contributed by atoms with Gasteiger partial charge in [-0.3, -0.25) is 14.8 Å². The van der Waals surface area contributed by atoms with Crippen LogP contribution in [0, 0.1) is 10.1 Å². The standard InChI is InChI=1S/C13H15ClN4O2/c1-3-11-9(8-17(2)16-11)7-15-12-6-10(14)4-5-13(12)18(19)20/h4-6,8,15H,3,7H2,1-2H3. The van der Waals surface area contributed by atoms with Gasteiger partial charge in [0.1, 0.15) is 5.69 Å². The second kappa shape index (κ2) is 5.92. The Labute approximate surface area is 121 Å². The molecule has 0 aliphatic heterocycles. The van der Waals surface area contributed by atoms with Crippen LogP contribution in [-0.2, 0) is 20.0 Å². The Bertz CT molecular complexity index is 639. The van der Waals surface area contributed by atoms with E-state index in [9.17, 15) is 10.1 Å². The highest BCUT2D eigenvalue weighted by atomic mass is 35.5. The van der Waals surface area contributed by atoms with Crippen LogP contribution in [0.5, 0.6) is 0 Å². The van der Waals surface area contributed by atoms with E-state index >= 15 is 0 Å². The fraction of sp³-hybridized carbons (Fsp3) is 0.308. The largest absolute Gasteiger partial charge is 0.375 e. The molecule has 0 aliphatic rings. The quantitative estimate of drug-likeness (QED) is 0.679. The van der Waals surface area contributed by atoms with E-state index in [0.717, 1.165) is 17.7 Å². The van der Waals surface area contributed by atoms with E-state index in [1.165, 1.54) is 12.1 Å². The van der Waals surface area contributed by atoms with Gasteiger partial charge in [0.2, 0.25) is 0 Å². The average Bonchev–Trinajstić information content (AvgIpc) is 2.76. The minimum atomic E-state index is -0.428. The summed E-state index contributed by atoms with van der Waals surface area (Å²) in [5.41, 5.74) is 2.42. The Hall–Kier alpha value is -2.08. The van der Waals surface area contributed by atoms with E-state index in [4.69, 9.17) is 11.6 Å². The first-order chi connectivity index (χ1) is 9.51. The van der Waals surface area contributed by atoms with Crippen LogP contribution in [0.4, 0.5) is 11.4 Å². The molecule has 0 bridgehead atoms. The van der Waals surface area contributed by atoms with Gasteiger partial charge in [-0.2, -0.15) is 5.10 Å². The van der Waals surface area contributed by atoms with Crippen LogP contribution in [0.25, 0.3) is 0 Å². The maximum atomic E-state index is 11.0. The monoisotopic (exact) mass is 294 g/mol. The molecule has 20 heavy (non-hydrogen) atoms. The van der Waals surface area contributed by atoms with Gasteiger partial charge >= 0.3 is 0 Å². The van der Waals surface area contributed by atoms with Crippen molar-refractivity contribution >= 4 is 23.0 Å². The molecule has 0 saturated heterocycles. The fourth-order valence-corrected chi connectivity index (χ4v) is 2.20. The SMILES string of the molecule is CCc1nn(C)cc1CNc1cc(Cl)ccc1[N+](=O)[O-]. The number of nitrogens with one attached hydrogen (secondary N) is 1. The number of aromatic nitrogens is 2. The number of benzene rings is 1. The molecule has 0 atom stereocenters.